The van der Waals surface area contributed by atoms with Gasteiger partial charge in [-0.3, -0.25) is 0 Å². The van der Waals surface area contributed by atoms with Crippen LogP contribution in [0.15, 0.2) is 0 Å². The van der Waals surface area contributed by atoms with Gasteiger partial charge in [-0.15, -0.1) is 37.2 Å². The van der Waals surface area contributed by atoms with Crippen LogP contribution in [-0.4, -0.2) is 0 Å². The summed E-state index contributed by atoms with van der Waals surface area (Å²) in [6.07, 6.45) is 0. The normalized spacial score (nSPS) is 5.14. The number of hydrogen-bond donors (Lipinski definition) is 0. The molecule has 0 aromatic carbocycles. The molecule has 0 radical (unpaired) electrons. The molecule has 0 aliphatic heterocycles. The lowest BCUT2D eigenvalue weighted by Gasteiger charge is -1.70. The van der Waals surface area contributed by atoms with Gasteiger partial charge in [0.1, 0.15) is 4.03 Å². The summed E-state index contributed by atoms with van der Waals surface area (Å²) in [6.45, 7) is 0. The number of hydrogen-bond acceptors (Lipinski definition) is 0. The van der Waals surface area contributed by atoms with E-state index in [9.17, 15) is 0 Å². The average Bonchev–Trinajstić information content (AvgIpc) is 0.811. The first kappa shape index (κ1) is 22.6. The molecule has 0 rings (SSSR count). The molecule has 0 spiro atoms. The van der Waals surface area contributed by atoms with Gasteiger partial charge in [0.15, 0.2) is 0 Å². The maximum Gasteiger partial charge on any atom is 0.103 e. The van der Waals surface area contributed by atoms with Crippen LogP contribution in [0.25, 0.3) is 0 Å². The summed E-state index contributed by atoms with van der Waals surface area (Å²) in [5, 5.41) is 0. The Balaban J connectivity index is -0.0000000150. The van der Waals surface area contributed by atoms with Crippen molar-refractivity contribution in [3.05, 3.63) is 0 Å². The molecule has 7 heteroatoms. The van der Waals surface area contributed by atoms with Crippen molar-refractivity contribution in [3.8, 4) is 0 Å². The smallest absolute Gasteiger partial charge is 0.103 e. The van der Waals surface area contributed by atoms with Crippen LogP contribution in [0.1, 0.15) is 0 Å². The third-order valence-corrected chi connectivity index (χ3v) is 0. The van der Waals surface area contributed by atoms with E-state index in [4.69, 9.17) is 0 Å². The van der Waals surface area contributed by atoms with Crippen LogP contribution < -0.4 is 0 Å². The molecule has 50 valence electrons. The zero-order valence-electron chi connectivity index (χ0n) is 2.81. The van der Waals surface area contributed by atoms with E-state index in [-0.39, 0.29) is 41.2 Å². The second kappa shape index (κ2) is 15.9. The predicted molar refractivity (Wildman–Crippen MR) is 55.4 cm³/mol. The van der Waals surface area contributed by atoms with E-state index in [1.54, 1.807) is 0 Å². The second-order valence-electron chi connectivity index (χ2n) is 0.192. The van der Waals surface area contributed by atoms with E-state index >= 15 is 0 Å². The molecule has 0 aromatic rings. The van der Waals surface area contributed by atoms with Gasteiger partial charge in [0, 0.05) is 0 Å². The van der Waals surface area contributed by atoms with Crippen LogP contribution in [0.2, 0.25) is 0 Å². The fourth-order valence-electron chi connectivity index (χ4n) is 0. The second-order valence-corrected chi connectivity index (χ2v) is 15.5. The predicted octanol–water partition coefficient (Wildman–Crippen LogP) is 4.66. The van der Waals surface area contributed by atoms with Crippen molar-refractivity contribution in [2.24, 2.45) is 0 Å². The fraction of sp³-hybridized carbons (Fsp3) is 0. The van der Waals surface area contributed by atoms with Crippen LogP contribution in [0.5, 0.6) is 0 Å². The first-order valence-electron chi connectivity index (χ1n) is 0.507. The van der Waals surface area contributed by atoms with Crippen molar-refractivity contribution in [2.75, 3.05) is 0 Å². The van der Waals surface area contributed by atoms with Gasteiger partial charge in [-0.25, -0.2) is 0 Å². The molecule has 0 nitrogen and oxygen atoms in total. The molecule has 0 heterocycles. The molecule has 0 aromatic heterocycles. The van der Waals surface area contributed by atoms with Gasteiger partial charge in [0.05, 0.1) is 0 Å². The molecule has 0 saturated carbocycles. The highest BCUT2D eigenvalue weighted by molar-refractivity contribution is 9.93. The molecular weight excluding hydrogens is 377 g/mol. The van der Waals surface area contributed by atoms with E-state index in [0.29, 0.717) is 0 Å². The first-order chi connectivity index (χ1) is 1.73. The first-order valence-corrected chi connectivity index (χ1v) is 7.90. The molecule has 0 amide bonds. The van der Waals surface area contributed by atoms with Crippen LogP contribution in [0.3, 0.4) is 0 Å². The largest absolute Gasteiger partial charge is 0.147 e. The summed E-state index contributed by atoms with van der Waals surface area (Å²) in [4.78, 5) is 0. The Morgan fingerprint density at radius 1 is 0.714 bits per heavy atom. The van der Waals surface area contributed by atoms with Crippen molar-refractivity contribution < 1.29 is 0 Å². The molecule has 0 aliphatic rings. The summed E-state index contributed by atoms with van der Waals surface area (Å²) in [7, 11) is 0. The Bertz CT molecular complexity index is 14.9. The monoisotopic (exact) mass is 376 g/mol. The van der Waals surface area contributed by atoms with Gasteiger partial charge in [-0.05, 0) is 46.5 Å². The van der Waals surface area contributed by atoms with Crippen LogP contribution >= 0.6 is 87.7 Å². The summed E-state index contributed by atoms with van der Waals surface area (Å²) in [6, 6.07) is 0. The van der Waals surface area contributed by atoms with Gasteiger partial charge < -0.3 is 0 Å². The molecule has 7 heavy (non-hydrogen) atoms. The van der Waals surface area contributed by atoms with Crippen LogP contribution in [0.4, 0.5) is 0 Å². The van der Waals surface area contributed by atoms with E-state index in [1.165, 1.54) is 0 Å². The van der Waals surface area contributed by atoms with Crippen LogP contribution in [0, 0.1) is 0 Å². The van der Waals surface area contributed by atoms with E-state index in [1.807, 2.05) is 0 Å². The highest BCUT2D eigenvalue weighted by atomic mass is 80.0. The molecule has 0 fully saturated rings. The van der Waals surface area contributed by atoms with Gasteiger partial charge in [0.25, 0.3) is 0 Å². The Hall–Kier alpha value is 2.74. The van der Waals surface area contributed by atoms with Crippen LogP contribution in [-0.2, 0) is 0 Å². The lowest BCUT2D eigenvalue weighted by atomic mass is 30.9. The molecule has 0 aliphatic carbocycles. The Morgan fingerprint density at radius 2 is 0.714 bits per heavy atom. The zero-order valence-corrected chi connectivity index (χ0v) is 10.9. The van der Waals surface area contributed by atoms with E-state index < -0.39 is 0 Å². The van der Waals surface area contributed by atoms with Crippen molar-refractivity contribution >= 4 is 87.7 Å². The van der Waals surface area contributed by atoms with Crippen molar-refractivity contribution in [3.63, 3.8) is 0 Å². The lowest BCUT2D eigenvalue weighted by Crippen LogP contribution is -0.878. The summed E-state index contributed by atoms with van der Waals surface area (Å²) in [5.41, 5.74) is 0. The number of rotatable bonds is 0. The third kappa shape index (κ3) is 52.9. The minimum atomic E-state index is -0.183. The van der Waals surface area contributed by atoms with Gasteiger partial charge in [-0.2, -0.15) is 0 Å². The van der Waals surface area contributed by atoms with Crippen molar-refractivity contribution in [1.82, 2.24) is 0 Å². The highest BCUT2D eigenvalue weighted by Gasteiger charge is 1.77. The Labute approximate surface area is 86.8 Å². The summed E-state index contributed by atoms with van der Waals surface area (Å²) in [5.74, 6) is 0. The molecule has 0 atom stereocenters. The van der Waals surface area contributed by atoms with Gasteiger partial charge in [0.2, 0.25) is 0 Å². The quantitative estimate of drug-likeness (QED) is 0.537. The number of halogens is 6. The topological polar surface area (TPSA) is 0 Å². The minimum Gasteiger partial charge on any atom is -0.147 e. The molecule has 0 unspecified atom stereocenters. The molecular formula is H3Br3Cl3P. The fourth-order valence-corrected chi connectivity index (χ4v) is 0. The summed E-state index contributed by atoms with van der Waals surface area (Å²) >= 11 is 9.51. The van der Waals surface area contributed by atoms with Crippen molar-refractivity contribution in [2.45, 2.75) is 0 Å². The Kier molecular flexibility index (Phi) is 51.3. The van der Waals surface area contributed by atoms with Crippen molar-refractivity contribution in [1.29, 1.82) is 0 Å². The maximum absolute atomic E-state index is 3.17. The van der Waals surface area contributed by atoms with E-state index in [2.05, 4.69) is 46.5 Å². The Morgan fingerprint density at radius 3 is 0.714 bits per heavy atom. The third-order valence-electron chi connectivity index (χ3n) is 0. The standard InChI is InChI=1S/Br3P.3ClH/c1-4(2)3;;;/h;3*1H. The highest BCUT2D eigenvalue weighted by Crippen LogP contribution is 2.59. The van der Waals surface area contributed by atoms with Gasteiger partial charge >= 0.3 is 0 Å². The van der Waals surface area contributed by atoms with E-state index in [0.717, 1.165) is 0 Å². The summed E-state index contributed by atoms with van der Waals surface area (Å²) < 4.78 is -0.183. The maximum atomic E-state index is 3.17. The SMILES string of the molecule is BrP(Br)Br.Cl.Cl.Cl. The minimum absolute atomic E-state index is 0. The molecule has 0 bridgehead atoms. The van der Waals surface area contributed by atoms with Gasteiger partial charge in [-0.1, -0.05) is 0 Å². The zero-order chi connectivity index (χ0) is 3.58. The average molecular weight is 380 g/mol. The molecule has 0 N–H and O–H groups in total. The lowest BCUT2D eigenvalue weighted by molar-refractivity contribution is 5.85. The molecule has 0 saturated heterocycles.